The maximum Gasteiger partial charge on any atom is 0.318 e. The van der Waals surface area contributed by atoms with E-state index in [-0.39, 0.29) is 12.1 Å². The Morgan fingerprint density at radius 2 is 1.97 bits per heavy atom. The lowest BCUT2D eigenvalue weighted by Crippen LogP contribution is -2.46. The molecule has 1 aromatic heterocycles. The van der Waals surface area contributed by atoms with E-state index in [9.17, 15) is 4.79 Å². The number of para-hydroxylation sites is 1. The predicted octanol–water partition coefficient (Wildman–Crippen LogP) is 3.87. The Morgan fingerprint density at radius 3 is 2.72 bits per heavy atom. The number of aromatic amines is 1. The third-order valence-electron chi connectivity index (χ3n) is 5.53. The molecule has 0 fully saturated rings. The van der Waals surface area contributed by atoms with E-state index in [2.05, 4.69) is 28.5 Å². The van der Waals surface area contributed by atoms with Gasteiger partial charge >= 0.3 is 6.03 Å². The zero-order valence-electron chi connectivity index (χ0n) is 16.9. The molecule has 0 aliphatic carbocycles. The van der Waals surface area contributed by atoms with Gasteiger partial charge in [-0.25, -0.2) is 4.79 Å². The first-order valence-electron chi connectivity index (χ1n) is 9.99. The van der Waals surface area contributed by atoms with E-state index >= 15 is 0 Å². The normalized spacial score (nSPS) is 15.9. The Balaban J connectivity index is 1.70. The standard InChI is InChI=1S/C23H27N3O3/c1-28-15-5-13-24-23(27)26-14-12-19-18-6-3-4-7-20(18)25-21(19)22(26)16-8-10-17(29-2)11-9-16/h3-4,6-11,22,25H,5,12-15H2,1-2H3,(H,24,27). The molecule has 0 saturated carbocycles. The molecular weight excluding hydrogens is 366 g/mol. The molecule has 2 N–H and O–H groups in total. The fraction of sp³-hybridized carbons (Fsp3) is 0.348. The van der Waals surface area contributed by atoms with Gasteiger partial charge in [0.2, 0.25) is 0 Å². The molecule has 6 nitrogen and oxygen atoms in total. The molecule has 1 aliphatic rings. The van der Waals surface area contributed by atoms with E-state index in [1.165, 1.54) is 10.9 Å². The van der Waals surface area contributed by atoms with Gasteiger partial charge in [0, 0.05) is 43.4 Å². The van der Waals surface area contributed by atoms with Crippen molar-refractivity contribution in [3.05, 3.63) is 65.4 Å². The highest BCUT2D eigenvalue weighted by Gasteiger charge is 2.34. The second-order valence-corrected chi connectivity index (χ2v) is 7.26. The monoisotopic (exact) mass is 393 g/mol. The molecule has 0 bridgehead atoms. The predicted molar refractivity (Wildman–Crippen MR) is 113 cm³/mol. The van der Waals surface area contributed by atoms with Crippen LogP contribution in [-0.4, -0.2) is 49.8 Å². The molecule has 4 rings (SSSR count). The third kappa shape index (κ3) is 3.80. The lowest BCUT2D eigenvalue weighted by atomic mass is 9.92. The number of methoxy groups -OCH3 is 2. The number of aromatic nitrogens is 1. The first kappa shape index (κ1) is 19.3. The largest absolute Gasteiger partial charge is 0.497 e. The summed E-state index contributed by atoms with van der Waals surface area (Å²) in [6.45, 7) is 1.90. The van der Waals surface area contributed by atoms with Crippen LogP contribution in [0.5, 0.6) is 5.75 Å². The Morgan fingerprint density at radius 1 is 1.17 bits per heavy atom. The minimum absolute atomic E-state index is 0.0498. The molecule has 0 radical (unpaired) electrons. The first-order valence-corrected chi connectivity index (χ1v) is 9.99. The van der Waals surface area contributed by atoms with E-state index in [1.54, 1.807) is 14.2 Å². The van der Waals surface area contributed by atoms with Crippen LogP contribution in [0.1, 0.15) is 29.3 Å². The van der Waals surface area contributed by atoms with Gasteiger partial charge in [-0.3, -0.25) is 0 Å². The zero-order chi connectivity index (χ0) is 20.2. The molecule has 3 aromatic rings. The van der Waals surface area contributed by atoms with E-state index in [0.29, 0.717) is 19.7 Å². The van der Waals surface area contributed by atoms with Gasteiger partial charge in [-0.05, 0) is 42.2 Å². The minimum Gasteiger partial charge on any atom is -0.497 e. The second kappa shape index (κ2) is 8.57. The van der Waals surface area contributed by atoms with Gasteiger partial charge in [-0.15, -0.1) is 0 Å². The number of nitrogens with one attached hydrogen (secondary N) is 2. The van der Waals surface area contributed by atoms with Crippen molar-refractivity contribution in [3.63, 3.8) is 0 Å². The minimum atomic E-state index is -0.167. The van der Waals surface area contributed by atoms with Crippen LogP contribution in [0.2, 0.25) is 0 Å². The summed E-state index contributed by atoms with van der Waals surface area (Å²) in [6.07, 6.45) is 1.62. The first-order chi connectivity index (χ1) is 14.2. The lowest BCUT2D eigenvalue weighted by molar-refractivity contribution is 0.173. The van der Waals surface area contributed by atoms with E-state index in [4.69, 9.17) is 9.47 Å². The zero-order valence-corrected chi connectivity index (χ0v) is 16.9. The smallest absolute Gasteiger partial charge is 0.318 e. The summed E-state index contributed by atoms with van der Waals surface area (Å²) >= 11 is 0. The number of amides is 2. The number of hydrogen-bond donors (Lipinski definition) is 2. The van der Waals surface area contributed by atoms with Gasteiger partial charge in [0.25, 0.3) is 0 Å². The van der Waals surface area contributed by atoms with Crippen molar-refractivity contribution in [3.8, 4) is 5.75 Å². The maximum absolute atomic E-state index is 13.0. The summed E-state index contributed by atoms with van der Waals surface area (Å²) in [5, 5.41) is 4.28. The summed E-state index contributed by atoms with van der Waals surface area (Å²) in [7, 11) is 3.33. The molecule has 2 amide bonds. The third-order valence-corrected chi connectivity index (χ3v) is 5.53. The summed E-state index contributed by atoms with van der Waals surface area (Å²) in [5.74, 6) is 0.803. The number of fused-ring (bicyclic) bond motifs is 3. The quantitative estimate of drug-likeness (QED) is 0.625. The average Bonchev–Trinajstić information content (AvgIpc) is 3.15. The number of benzene rings is 2. The van der Waals surface area contributed by atoms with Crippen LogP contribution in [0.25, 0.3) is 10.9 Å². The number of hydrogen-bond acceptors (Lipinski definition) is 3. The van der Waals surface area contributed by atoms with Crippen molar-refractivity contribution in [2.45, 2.75) is 18.9 Å². The van der Waals surface area contributed by atoms with E-state index < -0.39 is 0 Å². The highest BCUT2D eigenvalue weighted by Crippen LogP contribution is 2.38. The van der Waals surface area contributed by atoms with Gasteiger partial charge in [0.1, 0.15) is 5.75 Å². The van der Waals surface area contributed by atoms with Crippen LogP contribution < -0.4 is 10.1 Å². The summed E-state index contributed by atoms with van der Waals surface area (Å²) in [5.41, 5.74) is 4.56. The number of rotatable bonds is 6. The average molecular weight is 393 g/mol. The molecule has 0 spiro atoms. The summed E-state index contributed by atoms with van der Waals surface area (Å²) in [6, 6.07) is 16.1. The molecule has 2 heterocycles. The van der Waals surface area contributed by atoms with Crippen LogP contribution in [0.4, 0.5) is 4.79 Å². The Labute approximate surface area is 170 Å². The van der Waals surface area contributed by atoms with Gasteiger partial charge in [0.05, 0.1) is 13.2 Å². The SMILES string of the molecule is COCCCNC(=O)N1CCc2c([nH]c3ccccc23)C1c1ccc(OC)cc1. The molecule has 2 aromatic carbocycles. The van der Waals surface area contributed by atoms with Crippen molar-refractivity contribution >= 4 is 16.9 Å². The van der Waals surface area contributed by atoms with Crippen molar-refractivity contribution in [1.29, 1.82) is 0 Å². The molecule has 152 valence electrons. The number of H-pyrrole nitrogens is 1. The molecule has 1 atom stereocenters. The number of carbonyl (C=O) groups is 1. The molecule has 0 saturated heterocycles. The number of carbonyl (C=O) groups excluding carboxylic acids is 1. The van der Waals surface area contributed by atoms with Gasteiger partial charge in [-0.2, -0.15) is 0 Å². The van der Waals surface area contributed by atoms with Crippen molar-refractivity contribution < 1.29 is 14.3 Å². The maximum atomic E-state index is 13.0. The van der Waals surface area contributed by atoms with Gasteiger partial charge in [-0.1, -0.05) is 30.3 Å². The van der Waals surface area contributed by atoms with E-state index in [1.807, 2.05) is 35.2 Å². The van der Waals surface area contributed by atoms with Crippen LogP contribution in [0, 0.1) is 0 Å². The lowest BCUT2D eigenvalue weighted by Gasteiger charge is -2.36. The van der Waals surface area contributed by atoms with Crippen molar-refractivity contribution in [2.75, 3.05) is 33.9 Å². The molecule has 1 aliphatic heterocycles. The van der Waals surface area contributed by atoms with Crippen LogP contribution in [0.15, 0.2) is 48.5 Å². The molecular formula is C23H27N3O3. The number of ether oxygens (including phenoxy) is 2. The van der Waals surface area contributed by atoms with Crippen molar-refractivity contribution in [1.82, 2.24) is 15.2 Å². The fourth-order valence-corrected chi connectivity index (χ4v) is 4.11. The second-order valence-electron chi connectivity index (χ2n) is 7.26. The topological polar surface area (TPSA) is 66.6 Å². The highest BCUT2D eigenvalue weighted by molar-refractivity contribution is 5.86. The van der Waals surface area contributed by atoms with E-state index in [0.717, 1.165) is 35.4 Å². The Hall–Kier alpha value is -2.99. The molecule has 1 unspecified atom stereocenters. The Kier molecular flexibility index (Phi) is 5.71. The fourth-order valence-electron chi connectivity index (χ4n) is 4.11. The number of nitrogens with zero attached hydrogens (tertiary/aromatic N) is 1. The summed E-state index contributed by atoms with van der Waals surface area (Å²) in [4.78, 5) is 18.5. The highest BCUT2D eigenvalue weighted by atomic mass is 16.5. The summed E-state index contributed by atoms with van der Waals surface area (Å²) < 4.78 is 10.4. The van der Waals surface area contributed by atoms with Crippen LogP contribution >= 0.6 is 0 Å². The van der Waals surface area contributed by atoms with Crippen molar-refractivity contribution in [2.24, 2.45) is 0 Å². The molecule has 6 heteroatoms. The number of urea groups is 1. The Bertz CT molecular complexity index is 981. The van der Waals surface area contributed by atoms with Gasteiger partial charge in [0.15, 0.2) is 0 Å². The molecule has 29 heavy (non-hydrogen) atoms. The van der Waals surface area contributed by atoms with Crippen LogP contribution in [0.3, 0.4) is 0 Å². The van der Waals surface area contributed by atoms with Gasteiger partial charge < -0.3 is 24.7 Å². The van der Waals surface area contributed by atoms with Crippen LogP contribution in [-0.2, 0) is 11.2 Å².